The van der Waals surface area contributed by atoms with Crippen molar-refractivity contribution in [3.05, 3.63) is 53.9 Å². The monoisotopic (exact) mass is 1090 g/mol. The van der Waals surface area contributed by atoms with Gasteiger partial charge in [-0.2, -0.15) is 0 Å². The van der Waals surface area contributed by atoms with E-state index < -0.39 is 82.8 Å². The summed E-state index contributed by atoms with van der Waals surface area (Å²) in [4.78, 5) is 97.0. The molecule has 9 atom stereocenters. The quantitative estimate of drug-likeness (QED) is 0.0387. The zero-order chi connectivity index (χ0) is 55.7. The highest BCUT2D eigenvalue weighted by Gasteiger charge is 2.44. The highest BCUT2D eigenvalue weighted by molar-refractivity contribution is 8.00. The molecule has 2 aromatic rings. The molecule has 0 bridgehead atoms. The first-order valence-electron chi connectivity index (χ1n) is 26.6. The number of aromatic nitrogens is 2. The van der Waals surface area contributed by atoms with Crippen molar-refractivity contribution in [2.75, 3.05) is 40.2 Å². The first kappa shape index (κ1) is 64.1. The smallest absolute Gasteiger partial charge is 0.326 e. The Labute approximate surface area is 449 Å². The van der Waals surface area contributed by atoms with Crippen LogP contribution in [0.25, 0.3) is 0 Å². The van der Waals surface area contributed by atoms with Gasteiger partial charge in [0, 0.05) is 65.5 Å². The molecule has 3 N–H and O–H groups in total. The fourth-order valence-corrected chi connectivity index (χ4v) is 20.6. The highest BCUT2D eigenvalue weighted by Crippen LogP contribution is 2.31. The Balaban J connectivity index is 1.69. The third-order valence-electron chi connectivity index (χ3n) is 14.5. The van der Waals surface area contributed by atoms with Crippen molar-refractivity contribution >= 4 is 63.9 Å². The lowest BCUT2D eigenvalue weighted by Crippen LogP contribution is -2.60. The number of carboxylic acid groups (broad SMARTS) is 1. The largest absolute Gasteiger partial charge is 0.480 e. The Morgan fingerprint density at radius 1 is 0.851 bits per heavy atom. The number of carboxylic acids is 1. The molecule has 0 saturated carbocycles. The van der Waals surface area contributed by atoms with Gasteiger partial charge in [-0.25, -0.2) is 14.8 Å². The summed E-state index contributed by atoms with van der Waals surface area (Å²) >= 11 is 1.62. The number of nitrogens with one attached hydrogen (secondary N) is 2. The van der Waals surface area contributed by atoms with Gasteiger partial charge in [0.25, 0.3) is 0 Å². The molecule has 2 heterocycles. The first-order valence-corrected chi connectivity index (χ1v) is 33.8. The average Bonchev–Trinajstić information content (AvgIpc) is 3.84. The summed E-state index contributed by atoms with van der Waals surface area (Å²) in [5, 5.41) is 17.3. The molecule has 0 radical (unpaired) electrons. The maximum atomic E-state index is 14.7. The SMILES string of the molecule is CCc1cnc(SC[Si](C)(C)O[Si](C)(C)CCCC(=O)N(C)[C@H](C(=O)N[C@H](C(=O)N(C)[C@@H]([C@@H](C)CC)[C@@H](CC(=O)N2CCC[C@H]2[C@H](OC)[C@@H](C)C(=O)N[C@@H](Cc2ccccc2)C(=O)O)OC)C(C)C)C(C)C)nc1. The number of hydrogen-bond donors (Lipinski definition) is 3. The number of aryl methyl sites for hydroxylation is 1. The minimum atomic E-state index is -2.15. The zero-order valence-corrected chi connectivity index (χ0v) is 50.3. The van der Waals surface area contributed by atoms with Gasteiger partial charge in [0.15, 0.2) is 21.8 Å². The van der Waals surface area contributed by atoms with E-state index in [0.717, 1.165) is 34.1 Å². The van der Waals surface area contributed by atoms with Crippen LogP contribution in [0.5, 0.6) is 0 Å². The van der Waals surface area contributed by atoms with Gasteiger partial charge in [-0.3, -0.25) is 24.0 Å². The Hall–Kier alpha value is -4.22. The van der Waals surface area contributed by atoms with E-state index in [9.17, 15) is 33.9 Å². The molecule has 1 saturated heterocycles. The molecule has 1 aliphatic heterocycles. The maximum absolute atomic E-state index is 14.7. The number of carbonyl (C=O) groups excluding carboxylic acids is 5. The molecule has 1 aromatic carbocycles. The highest BCUT2D eigenvalue weighted by atomic mass is 32.2. The van der Waals surface area contributed by atoms with Crippen LogP contribution in [0.1, 0.15) is 105 Å². The third kappa shape index (κ3) is 18.8. The van der Waals surface area contributed by atoms with Crippen LogP contribution < -0.4 is 10.6 Å². The number of likely N-dealkylation sites (tertiary alicyclic amines) is 1. The summed E-state index contributed by atoms with van der Waals surface area (Å²) in [5.41, 5.74) is 1.87. The summed E-state index contributed by atoms with van der Waals surface area (Å²) in [6, 6.07) is 5.90. The molecular weight excluding hydrogens is 995 g/mol. The molecule has 0 spiro atoms. The summed E-state index contributed by atoms with van der Waals surface area (Å²) in [6.45, 7) is 24.5. The fraction of sp³-hybridized carbons (Fsp3) is 0.704. The molecule has 1 aromatic heterocycles. The van der Waals surface area contributed by atoms with Crippen LogP contribution in [0, 0.1) is 23.7 Å². The van der Waals surface area contributed by atoms with Gasteiger partial charge in [0.2, 0.25) is 29.5 Å². The van der Waals surface area contributed by atoms with E-state index in [0.29, 0.717) is 32.2 Å². The van der Waals surface area contributed by atoms with Gasteiger partial charge in [-0.05, 0) is 86.8 Å². The van der Waals surface area contributed by atoms with E-state index >= 15 is 0 Å². The van der Waals surface area contributed by atoms with E-state index in [2.05, 4.69) is 53.7 Å². The molecular formula is C54H91N7O10SSi2. The molecule has 17 nitrogen and oxygen atoms in total. The first-order chi connectivity index (χ1) is 34.7. The second kappa shape index (κ2) is 29.9. The van der Waals surface area contributed by atoms with Crippen LogP contribution in [0.4, 0.5) is 0 Å². The van der Waals surface area contributed by atoms with E-state index in [1.807, 2.05) is 84.3 Å². The minimum absolute atomic E-state index is 0.0656. The lowest BCUT2D eigenvalue weighted by Gasteiger charge is -2.41. The predicted octanol–water partition coefficient (Wildman–Crippen LogP) is 7.23. The molecule has 0 aliphatic carbocycles. The Kier molecular flexibility index (Phi) is 25.9. The molecule has 20 heteroatoms. The molecule has 3 rings (SSSR count). The van der Waals surface area contributed by atoms with Crippen LogP contribution >= 0.6 is 11.8 Å². The molecule has 0 unspecified atom stereocenters. The number of benzene rings is 1. The van der Waals surface area contributed by atoms with Gasteiger partial charge in [-0.1, -0.05) is 104 Å². The standard InChI is InChI=1S/C54H91N7O10SSi2/c1-17-37(7)48(43(69-11)31-45(63)61-28-22-26-42(61)49(70-12)38(8)50(64)57-41(53(67)68)30-40-24-20-19-21-25-40)60(10)52(66)46(35(3)4)58-51(65)47(36(5)6)59(9)44(62)27-23-29-73(13,14)71-74(15,16)34-72-54-55-32-39(18-2)33-56-54/h19-21,24-25,32-33,35-38,41-43,46-49H,17-18,22-23,26-31,34H2,1-16H3,(H,57,64)(H,58,65)(H,67,68)/t37-,38+,41-,42-,43+,46-,47-,48-,49+/m0/s1. The van der Waals surface area contributed by atoms with Crippen molar-refractivity contribution in [1.82, 2.24) is 35.3 Å². The Bertz CT molecular complexity index is 2120. The van der Waals surface area contributed by atoms with Crippen LogP contribution in [-0.4, -0.2) is 165 Å². The van der Waals surface area contributed by atoms with Gasteiger partial charge in [0.1, 0.15) is 18.1 Å². The number of likely N-dealkylation sites (N-methyl/N-ethyl adjacent to an activating group) is 2. The van der Waals surface area contributed by atoms with Crippen LogP contribution in [0.3, 0.4) is 0 Å². The maximum Gasteiger partial charge on any atom is 0.326 e. The van der Waals surface area contributed by atoms with E-state index in [1.54, 1.807) is 42.6 Å². The molecule has 74 heavy (non-hydrogen) atoms. The minimum Gasteiger partial charge on any atom is -0.480 e. The number of hydrogen-bond acceptors (Lipinski definition) is 12. The molecule has 1 aliphatic rings. The van der Waals surface area contributed by atoms with Gasteiger partial charge in [-0.15, -0.1) is 0 Å². The summed E-state index contributed by atoms with van der Waals surface area (Å²) in [5.74, 6) is -4.27. The van der Waals surface area contributed by atoms with Crippen molar-refractivity contribution in [1.29, 1.82) is 0 Å². The van der Waals surface area contributed by atoms with Crippen molar-refractivity contribution in [2.45, 2.75) is 187 Å². The van der Waals surface area contributed by atoms with Crippen molar-refractivity contribution < 1.29 is 47.5 Å². The molecule has 5 amide bonds. The number of ether oxygens (including phenoxy) is 2. The lowest BCUT2D eigenvalue weighted by molar-refractivity contribution is -0.149. The lowest BCUT2D eigenvalue weighted by atomic mass is 9.89. The number of aliphatic carboxylic acids is 1. The van der Waals surface area contributed by atoms with Gasteiger partial charge in [0.05, 0.1) is 36.6 Å². The second-order valence-corrected chi connectivity index (χ2v) is 32.3. The van der Waals surface area contributed by atoms with Crippen molar-refractivity contribution in [3.63, 3.8) is 0 Å². The molecule has 1 fully saturated rings. The summed E-state index contributed by atoms with van der Waals surface area (Å²) in [6.07, 6.45) is 6.02. The molecule has 416 valence electrons. The van der Waals surface area contributed by atoms with Crippen LogP contribution in [0.2, 0.25) is 32.2 Å². The number of carbonyl (C=O) groups is 6. The third-order valence-corrected chi connectivity index (χ3v) is 24.3. The normalized spacial score (nSPS) is 17.4. The Morgan fingerprint density at radius 3 is 2.03 bits per heavy atom. The van der Waals surface area contributed by atoms with Crippen molar-refractivity contribution in [2.24, 2.45) is 23.7 Å². The summed E-state index contributed by atoms with van der Waals surface area (Å²) in [7, 11) is 2.12. The predicted molar refractivity (Wildman–Crippen MR) is 296 cm³/mol. The number of methoxy groups -OCH3 is 2. The van der Waals surface area contributed by atoms with Crippen LogP contribution in [-0.2, 0) is 55.2 Å². The van der Waals surface area contributed by atoms with Gasteiger partial charge < -0.3 is 44.0 Å². The fourth-order valence-electron chi connectivity index (χ4n) is 10.2. The van der Waals surface area contributed by atoms with E-state index in [-0.39, 0.29) is 54.7 Å². The number of rotatable bonds is 31. The van der Waals surface area contributed by atoms with E-state index in [4.69, 9.17) is 13.6 Å². The van der Waals surface area contributed by atoms with Crippen molar-refractivity contribution in [3.8, 4) is 0 Å². The number of nitrogens with zero attached hydrogens (tertiary/aromatic N) is 5. The van der Waals surface area contributed by atoms with E-state index in [1.165, 1.54) is 19.1 Å². The van der Waals surface area contributed by atoms with Crippen LogP contribution in [0.15, 0.2) is 47.9 Å². The number of thioether (sulfide) groups is 1. The second-order valence-electron chi connectivity index (χ2n) is 22.1. The Morgan fingerprint density at radius 2 is 1.49 bits per heavy atom. The zero-order valence-electron chi connectivity index (χ0n) is 47.4. The van der Waals surface area contributed by atoms with Gasteiger partial charge >= 0.3 is 5.97 Å². The topological polar surface area (TPSA) is 210 Å². The average molecular weight is 1090 g/mol. The number of amides is 5. The summed E-state index contributed by atoms with van der Waals surface area (Å²) < 4.78 is 18.9.